The van der Waals surface area contributed by atoms with E-state index in [1.807, 2.05) is 25.1 Å². The van der Waals surface area contributed by atoms with Crippen LogP contribution in [-0.2, 0) is 20.0 Å². The van der Waals surface area contributed by atoms with E-state index in [2.05, 4.69) is 39.5 Å². The van der Waals surface area contributed by atoms with Gasteiger partial charge in [-0.25, -0.2) is 4.98 Å². The molecule has 1 amide bonds. The Labute approximate surface area is 163 Å². The largest absolute Gasteiger partial charge is 0.347 e. The Hall–Kier alpha value is -2.99. The molecule has 2 heterocycles. The summed E-state index contributed by atoms with van der Waals surface area (Å²) < 4.78 is 1.48. The van der Waals surface area contributed by atoms with Gasteiger partial charge < -0.3 is 9.88 Å². The first-order valence-electron chi connectivity index (χ1n) is 9.58. The van der Waals surface area contributed by atoms with E-state index in [0.29, 0.717) is 11.0 Å². The number of nitrogens with zero attached hydrogens (tertiary/aromatic N) is 3. The number of aromatic nitrogens is 2. The van der Waals surface area contributed by atoms with Crippen molar-refractivity contribution in [2.45, 2.75) is 25.9 Å². The van der Waals surface area contributed by atoms with Crippen molar-refractivity contribution < 1.29 is 4.79 Å². The molecule has 144 valence electrons. The molecule has 6 nitrogen and oxygen atoms in total. The SMILES string of the molecule is C[C@H](CN1CCc2ccccc2C1)NC(=O)c1nc2ccccc2n(C)c1=O. The third kappa shape index (κ3) is 3.55. The summed E-state index contributed by atoms with van der Waals surface area (Å²) in [5.41, 5.74) is 3.66. The lowest BCUT2D eigenvalue weighted by Crippen LogP contribution is -2.45. The molecule has 1 N–H and O–H groups in total. The van der Waals surface area contributed by atoms with E-state index in [4.69, 9.17) is 0 Å². The highest BCUT2D eigenvalue weighted by Crippen LogP contribution is 2.18. The molecule has 0 radical (unpaired) electrons. The van der Waals surface area contributed by atoms with Gasteiger partial charge in [-0.2, -0.15) is 0 Å². The topological polar surface area (TPSA) is 67.2 Å². The minimum absolute atomic E-state index is 0.0583. The smallest absolute Gasteiger partial charge is 0.282 e. The Bertz CT molecular complexity index is 1090. The first kappa shape index (κ1) is 18.4. The number of carbonyl (C=O) groups is 1. The van der Waals surface area contributed by atoms with Crippen LogP contribution in [0.5, 0.6) is 0 Å². The maximum Gasteiger partial charge on any atom is 0.282 e. The van der Waals surface area contributed by atoms with Crippen LogP contribution in [0, 0.1) is 0 Å². The fourth-order valence-electron chi connectivity index (χ4n) is 3.86. The van der Waals surface area contributed by atoms with Gasteiger partial charge in [0.2, 0.25) is 0 Å². The Morgan fingerprint density at radius 2 is 1.86 bits per heavy atom. The lowest BCUT2D eigenvalue weighted by molar-refractivity contribution is 0.0920. The molecule has 6 heteroatoms. The second kappa shape index (κ2) is 7.56. The molecular formula is C22H24N4O2. The van der Waals surface area contributed by atoms with Crippen LogP contribution in [0.4, 0.5) is 0 Å². The first-order chi connectivity index (χ1) is 13.5. The summed E-state index contributed by atoms with van der Waals surface area (Å²) in [6.45, 7) is 4.54. The molecule has 0 spiro atoms. The minimum atomic E-state index is -0.420. The summed E-state index contributed by atoms with van der Waals surface area (Å²) in [6.07, 6.45) is 1.02. The molecule has 1 atom stereocenters. The minimum Gasteiger partial charge on any atom is -0.347 e. The van der Waals surface area contributed by atoms with E-state index in [1.54, 1.807) is 13.1 Å². The van der Waals surface area contributed by atoms with Gasteiger partial charge in [-0.05, 0) is 36.6 Å². The summed E-state index contributed by atoms with van der Waals surface area (Å²) in [5, 5.41) is 2.94. The van der Waals surface area contributed by atoms with Crippen molar-refractivity contribution in [2.24, 2.45) is 7.05 Å². The quantitative estimate of drug-likeness (QED) is 0.757. The number of amides is 1. The van der Waals surface area contributed by atoms with Crippen LogP contribution < -0.4 is 10.9 Å². The molecule has 0 saturated carbocycles. The Morgan fingerprint density at radius 1 is 1.14 bits per heavy atom. The molecule has 1 aromatic heterocycles. The number of fused-ring (bicyclic) bond motifs is 2. The molecule has 0 aliphatic carbocycles. The molecule has 3 aromatic rings. The highest BCUT2D eigenvalue weighted by atomic mass is 16.2. The summed E-state index contributed by atoms with van der Waals surface area (Å²) in [6, 6.07) is 15.7. The van der Waals surface area contributed by atoms with E-state index >= 15 is 0 Å². The predicted molar refractivity (Wildman–Crippen MR) is 109 cm³/mol. The Balaban J connectivity index is 1.46. The molecule has 0 bridgehead atoms. The number of carbonyl (C=O) groups excluding carboxylic acids is 1. The van der Waals surface area contributed by atoms with E-state index in [-0.39, 0.29) is 17.3 Å². The number of para-hydroxylation sites is 2. The fourth-order valence-corrected chi connectivity index (χ4v) is 3.86. The molecule has 0 fully saturated rings. The van der Waals surface area contributed by atoms with Gasteiger partial charge in [-0.15, -0.1) is 0 Å². The highest BCUT2D eigenvalue weighted by molar-refractivity contribution is 5.94. The number of rotatable bonds is 4. The molecular weight excluding hydrogens is 352 g/mol. The van der Waals surface area contributed by atoms with Crippen molar-refractivity contribution in [1.29, 1.82) is 0 Å². The van der Waals surface area contributed by atoms with Crippen LogP contribution >= 0.6 is 0 Å². The van der Waals surface area contributed by atoms with Gasteiger partial charge in [-0.3, -0.25) is 14.5 Å². The van der Waals surface area contributed by atoms with Crippen LogP contribution in [0.1, 0.15) is 28.5 Å². The molecule has 1 aliphatic heterocycles. The average Bonchev–Trinajstić information content (AvgIpc) is 2.70. The van der Waals surface area contributed by atoms with E-state index in [1.165, 1.54) is 15.7 Å². The van der Waals surface area contributed by atoms with Gasteiger partial charge in [0.15, 0.2) is 5.69 Å². The number of benzene rings is 2. The Morgan fingerprint density at radius 3 is 2.68 bits per heavy atom. The van der Waals surface area contributed by atoms with E-state index in [9.17, 15) is 9.59 Å². The zero-order chi connectivity index (χ0) is 19.7. The molecule has 2 aromatic carbocycles. The van der Waals surface area contributed by atoms with Gasteiger partial charge >= 0.3 is 0 Å². The second-order valence-electron chi connectivity index (χ2n) is 7.44. The zero-order valence-corrected chi connectivity index (χ0v) is 16.2. The number of nitrogens with one attached hydrogen (secondary N) is 1. The summed E-state index contributed by atoms with van der Waals surface area (Å²) in [5.74, 6) is -0.420. The maximum absolute atomic E-state index is 12.7. The predicted octanol–water partition coefficient (Wildman–Crippen LogP) is 2.11. The fraction of sp³-hybridized carbons (Fsp3) is 0.318. The standard InChI is InChI=1S/C22H24N4O2/c1-15(13-26-12-11-16-7-3-4-8-17(16)14-26)23-21(27)20-22(28)25(2)19-10-6-5-9-18(19)24-20/h3-10,15H,11-14H2,1-2H3,(H,23,27)/t15-/m1/s1. The van der Waals surface area contributed by atoms with Crippen LogP contribution in [0.25, 0.3) is 11.0 Å². The van der Waals surface area contributed by atoms with Gasteiger partial charge in [0, 0.05) is 32.7 Å². The van der Waals surface area contributed by atoms with Crippen molar-refractivity contribution in [3.63, 3.8) is 0 Å². The van der Waals surface area contributed by atoms with Crippen LogP contribution in [0.2, 0.25) is 0 Å². The van der Waals surface area contributed by atoms with Crippen molar-refractivity contribution in [1.82, 2.24) is 19.8 Å². The normalized spacial score (nSPS) is 15.2. The maximum atomic E-state index is 12.7. The van der Waals surface area contributed by atoms with Crippen LogP contribution in [0.3, 0.4) is 0 Å². The second-order valence-corrected chi connectivity index (χ2v) is 7.44. The first-order valence-corrected chi connectivity index (χ1v) is 9.58. The number of aryl methyl sites for hydroxylation is 1. The van der Waals surface area contributed by atoms with Gasteiger partial charge in [-0.1, -0.05) is 36.4 Å². The van der Waals surface area contributed by atoms with E-state index in [0.717, 1.165) is 26.1 Å². The molecule has 1 aliphatic rings. The molecule has 28 heavy (non-hydrogen) atoms. The van der Waals surface area contributed by atoms with Crippen molar-refractivity contribution in [2.75, 3.05) is 13.1 Å². The number of hydrogen-bond donors (Lipinski definition) is 1. The molecule has 0 saturated heterocycles. The molecule has 0 unspecified atom stereocenters. The summed E-state index contributed by atoms with van der Waals surface area (Å²) >= 11 is 0. The number of hydrogen-bond acceptors (Lipinski definition) is 4. The summed E-state index contributed by atoms with van der Waals surface area (Å²) in [7, 11) is 1.66. The van der Waals surface area contributed by atoms with Gasteiger partial charge in [0.25, 0.3) is 11.5 Å². The third-order valence-corrected chi connectivity index (χ3v) is 5.32. The lowest BCUT2D eigenvalue weighted by atomic mass is 10.00. The summed E-state index contributed by atoms with van der Waals surface area (Å²) in [4.78, 5) is 31.9. The monoisotopic (exact) mass is 376 g/mol. The van der Waals surface area contributed by atoms with Crippen molar-refractivity contribution in [3.05, 3.63) is 75.7 Å². The third-order valence-electron chi connectivity index (χ3n) is 5.32. The average molecular weight is 376 g/mol. The van der Waals surface area contributed by atoms with Crippen LogP contribution in [0.15, 0.2) is 53.3 Å². The Kier molecular flexibility index (Phi) is 4.96. The highest BCUT2D eigenvalue weighted by Gasteiger charge is 2.21. The molecule has 4 rings (SSSR count). The van der Waals surface area contributed by atoms with E-state index < -0.39 is 5.91 Å². The van der Waals surface area contributed by atoms with Gasteiger partial charge in [0.05, 0.1) is 11.0 Å². The van der Waals surface area contributed by atoms with Crippen molar-refractivity contribution >= 4 is 16.9 Å². The zero-order valence-electron chi connectivity index (χ0n) is 16.2. The van der Waals surface area contributed by atoms with Crippen molar-refractivity contribution in [3.8, 4) is 0 Å². The lowest BCUT2D eigenvalue weighted by Gasteiger charge is -2.31. The van der Waals surface area contributed by atoms with Gasteiger partial charge in [0.1, 0.15) is 0 Å². The van der Waals surface area contributed by atoms with Crippen LogP contribution in [-0.4, -0.2) is 39.5 Å².